The Morgan fingerprint density at radius 1 is 0.591 bits per heavy atom. The molecule has 216 valence electrons. The Hall–Kier alpha value is -4.48. The van der Waals surface area contributed by atoms with Gasteiger partial charge in [0.1, 0.15) is 32.6 Å². The van der Waals surface area contributed by atoms with Gasteiger partial charge in [-0.2, -0.15) is 0 Å². The summed E-state index contributed by atoms with van der Waals surface area (Å²) >= 11 is 1.55. The quantitative estimate of drug-likeness (QED) is 0.112. The highest BCUT2D eigenvalue weighted by atomic mass is 35.5. The molecular weight excluding hydrogens is 603 g/mol. The molecule has 0 fully saturated rings. The van der Waals surface area contributed by atoms with Crippen LogP contribution in [-0.2, 0) is 5.75 Å². The van der Waals surface area contributed by atoms with Crippen molar-refractivity contribution in [3.63, 3.8) is 0 Å². The van der Waals surface area contributed by atoms with Gasteiger partial charge in [0.05, 0.1) is 16.8 Å². The van der Waals surface area contributed by atoms with Gasteiger partial charge in [-0.15, -0.1) is 12.4 Å². The number of imidazole rings is 1. The Morgan fingerprint density at radius 3 is 1.64 bits per heavy atom. The van der Waals surface area contributed by atoms with Crippen LogP contribution in [0.5, 0.6) is 0 Å². The minimum absolute atomic E-state index is 0. The Kier molecular flexibility index (Phi) is 8.76. The fourth-order valence-corrected chi connectivity index (χ4v) is 11.2. The molecule has 0 atom stereocenters. The van der Waals surface area contributed by atoms with Crippen LogP contribution in [0.3, 0.4) is 0 Å². The third kappa shape index (κ3) is 5.48. The van der Waals surface area contributed by atoms with Crippen molar-refractivity contribution in [1.29, 1.82) is 0 Å². The van der Waals surface area contributed by atoms with Crippen LogP contribution < -0.4 is 26.8 Å². The molecule has 0 spiro atoms. The van der Waals surface area contributed by atoms with Gasteiger partial charge < -0.3 is 9.97 Å². The van der Waals surface area contributed by atoms with Gasteiger partial charge in [0.2, 0.25) is 5.30 Å². The molecule has 5 nitrogen and oxygen atoms in total. The van der Waals surface area contributed by atoms with E-state index < -0.39 is 7.26 Å². The van der Waals surface area contributed by atoms with Gasteiger partial charge in [0.15, 0.2) is 7.26 Å². The summed E-state index contributed by atoms with van der Waals surface area (Å²) in [6.07, 6.45) is 0. The zero-order valence-electron chi connectivity index (χ0n) is 23.6. The molecule has 7 aromatic rings. The summed E-state index contributed by atoms with van der Waals surface area (Å²) in [5, 5.41) is 4.68. The molecule has 2 N–H and O–H groups in total. The Labute approximate surface area is 266 Å². The van der Waals surface area contributed by atoms with Crippen LogP contribution >= 0.6 is 31.4 Å². The first-order valence-corrected chi connectivity index (χ1v) is 16.8. The summed E-state index contributed by atoms with van der Waals surface area (Å²) in [6.45, 7) is 0. The molecule has 0 bridgehead atoms. The summed E-state index contributed by atoms with van der Waals surface area (Å²) in [4.78, 5) is 31.3. The number of nitrogens with one attached hydrogen (secondary N) is 2. The van der Waals surface area contributed by atoms with E-state index in [4.69, 9.17) is 9.97 Å². The van der Waals surface area contributed by atoms with Gasteiger partial charge in [-0.1, -0.05) is 109 Å². The van der Waals surface area contributed by atoms with E-state index in [2.05, 4.69) is 82.8 Å². The van der Waals surface area contributed by atoms with Crippen molar-refractivity contribution in [3.8, 4) is 11.4 Å². The predicted octanol–water partition coefficient (Wildman–Crippen LogP) is 6.65. The molecule has 7 rings (SSSR count). The maximum absolute atomic E-state index is 14.6. The van der Waals surface area contributed by atoms with Crippen molar-refractivity contribution in [1.82, 2.24) is 19.9 Å². The zero-order valence-corrected chi connectivity index (χ0v) is 26.2. The molecule has 0 saturated heterocycles. The molecular formula is C36H29ClN4OPS+. The highest BCUT2D eigenvalue weighted by Gasteiger charge is 2.52. The lowest BCUT2D eigenvalue weighted by Crippen LogP contribution is -2.46. The molecule has 0 aliphatic rings. The molecule has 0 unspecified atom stereocenters. The lowest BCUT2D eigenvalue weighted by atomic mass is 10.2. The predicted molar refractivity (Wildman–Crippen MR) is 188 cm³/mol. The normalized spacial score (nSPS) is 11.3. The molecule has 44 heavy (non-hydrogen) atoms. The average Bonchev–Trinajstić information content (AvgIpc) is 3.50. The second-order valence-electron chi connectivity index (χ2n) is 10.1. The van der Waals surface area contributed by atoms with Crippen LogP contribution in [0, 0.1) is 0 Å². The smallest absolute Gasteiger partial charge is 0.296 e. The monoisotopic (exact) mass is 631 g/mol. The Balaban J connectivity index is 0.00000343. The minimum Gasteiger partial charge on any atom is -0.341 e. The van der Waals surface area contributed by atoms with Crippen molar-refractivity contribution in [2.45, 2.75) is 10.8 Å². The number of para-hydroxylation sites is 2. The molecule has 0 saturated carbocycles. The molecule has 8 heteroatoms. The Morgan fingerprint density at radius 2 is 1.09 bits per heavy atom. The third-order valence-corrected chi connectivity index (χ3v) is 12.9. The molecule has 2 heterocycles. The van der Waals surface area contributed by atoms with E-state index in [1.165, 1.54) is 0 Å². The number of hydrogen-bond donors (Lipinski definition) is 2. The number of benzene rings is 5. The topological polar surface area (TPSA) is 74.4 Å². The maximum atomic E-state index is 14.6. The second-order valence-corrected chi connectivity index (χ2v) is 14.4. The standard InChI is InChI=1S/C36H27N4OPS.ClH/c41-35-33(42(27-17-7-2-8-18-27,28-19-9-3-10-20-28)29-21-11-4-12-22-29)36(40-34(39-35)26-15-5-1-6-16-26)43-25-32-37-30-23-13-14-24-31(30)38-32;/h1-24H,25H2,(H-,37,38,39,40,41);1H/p+1. The van der Waals surface area contributed by atoms with Gasteiger partial charge >= 0.3 is 0 Å². The summed E-state index contributed by atoms with van der Waals surface area (Å²) in [5.41, 5.74) is 2.63. The maximum Gasteiger partial charge on any atom is 0.296 e. The SMILES string of the molecule is Cl.O=c1[nH]c(-c2ccccc2)nc(SCc2nc3ccccc3[nH]2)c1[P+](c1ccccc1)(c1ccccc1)c1ccccc1. The summed E-state index contributed by atoms with van der Waals surface area (Å²) in [5.74, 6) is 1.92. The minimum atomic E-state index is -2.70. The van der Waals surface area contributed by atoms with Crippen LogP contribution in [0.4, 0.5) is 0 Å². The van der Waals surface area contributed by atoms with E-state index >= 15 is 0 Å². The Bertz CT molecular complexity index is 1920. The van der Waals surface area contributed by atoms with Gasteiger partial charge in [-0.3, -0.25) is 4.79 Å². The van der Waals surface area contributed by atoms with Crippen molar-refractivity contribution in [2.24, 2.45) is 0 Å². The average molecular weight is 632 g/mol. The van der Waals surface area contributed by atoms with Crippen LogP contribution in [-0.4, -0.2) is 19.9 Å². The lowest BCUT2D eigenvalue weighted by molar-refractivity contribution is 1.05. The van der Waals surface area contributed by atoms with Crippen molar-refractivity contribution >= 4 is 63.7 Å². The van der Waals surface area contributed by atoms with Crippen molar-refractivity contribution < 1.29 is 0 Å². The summed E-state index contributed by atoms with van der Waals surface area (Å²) in [7, 11) is -2.70. The molecule has 5 aromatic carbocycles. The molecule has 0 amide bonds. The lowest BCUT2D eigenvalue weighted by Gasteiger charge is -2.28. The number of aromatic amines is 2. The van der Waals surface area contributed by atoms with Crippen molar-refractivity contribution in [3.05, 3.63) is 162 Å². The van der Waals surface area contributed by atoms with Crippen LogP contribution in [0.15, 0.2) is 155 Å². The number of nitrogens with zero attached hydrogens (tertiary/aromatic N) is 2. The van der Waals surface area contributed by atoms with E-state index in [0.29, 0.717) is 21.9 Å². The fourth-order valence-electron chi connectivity index (χ4n) is 5.58. The first-order valence-electron chi connectivity index (χ1n) is 14.1. The summed E-state index contributed by atoms with van der Waals surface area (Å²) in [6, 6.07) is 49.1. The van der Waals surface area contributed by atoms with Gasteiger partial charge in [-0.25, -0.2) is 9.97 Å². The van der Waals surface area contributed by atoms with E-state index in [1.807, 2.05) is 72.8 Å². The van der Waals surface area contributed by atoms with Crippen molar-refractivity contribution in [2.75, 3.05) is 0 Å². The zero-order chi connectivity index (χ0) is 29.1. The molecule has 0 aliphatic carbocycles. The van der Waals surface area contributed by atoms with E-state index in [-0.39, 0.29) is 18.0 Å². The second kappa shape index (κ2) is 13.0. The number of hydrogen-bond acceptors (Lipinski definition) is 4. The number of rotatable bonds is 8. The number of H-pyrrole nitrogens is 2. The molecule has 2 aromatic heterocycles. The van der Waals surface area contributed by atoms with E-state index in [9.17, 15) is 4.79 Å². The summed E-state index contributed by atoms with van der Waals surface area (Å²) < 4.78 is 0. The highest BCUT2D eigenvalue weighted by molar-refractivity contribution is 8.04. The van der Waals surface area contributed by atoms with Crippen LogP contribution in [0.2, 0.25) is 0 Å². The van der Waals surface area contributed by atoms with Gasteiger partial charge in [0.25, 0.3) is 5.56 Å². The largest absolute Gasteiger partial charge is 0.341 e. The van der Waals surface area contributed by atoms with E-state index in [0.717, 1.165) is 38.3 Å². The highest BCUT2D eigenvalue weighted by Crippen LogP contribution is 2.54. The number of fused-ring (bicyclic) bond motifs is 1. The number of halogens is 1. The van der Waals surface area contributed by atoms with Gasteiger partial charge in [-0.05, 0) is 48.5 Å². The number of thioether (sulfide) groups is 1. The number of aromatic nitrogens is 4. The molecule has 0 aliphatic heterocycles. The van der Waals surface area contributed by atoms with E-state index in [1.54, 1.807) is 11.8 Å². The van der Waals surface area contributed by atoms with Gasteiger partial charge in [0, 0.05) is 5.56 Å². The first kappa shape index (κ1) is 29.6. The fraction of sp³-hybridized carbons (Fsp3) is 0.0278. The molecule has 0 radical (unpaired) electrons. The third-order valence-electron chi connectivity index (χ3n) is 7.46. The first-order chi connectivity index (χ1) is 21.2. The van der Waals surface area contributed by atoms with Crippen LogP contribution in [0.25, 0.3) is 22.4 Å². The van der Waals surface area contributed by atoms with Crippen LogP contribution in [0.1, 0.15) is 5.82 Å².